The summed E-state index contributed by atoms with van der Waals surface area (Å²) in [5.74, 6) is 0.565. The zero-order valence-electron chi connectivity index (χ0n) is 11.2. The fourth-order valence-electron chi connectivity index (χ4n) is 3.02. The molecule has 0 bridgehead atoms. The summed E-state index contributed by atoms with van der Waals surface area (Å²) in [4.78, 5) is 14.5. The lowest BCUT2D eigenvalue weighted by molar-refractivity contribution is -0.144. The summed E-state index contributed by atoms with van der Waals surface area (Å²) in [7, 11) is 0. The minimum Gasteiger partial charge on any atom is -0.396 e. The molecule has 2 atom stereocenters. The maximum Gasteiger partial charge on any atom is 0.229 e. The van der Waals surface area contributed by atoms with Crippen molar-refractivity contribution in [2.45, 2.75) is 32.6 Å². The number of amides is 1. The zero-order valence-corrected chi connectivity index (χ0v) is 12.0. The first-order valence-corrected chi connectivity index (χ1v) is 6.77. The number of nitrogens with zero attached hydrogens (tertiary/aromatic N) is 1. The van der Waals surface area contributed by atoms with Crippen molar-refractivity contribution in [2.24, 2.45) is 11.3 Å². The van der Waals surface area contributed by atoms with E-state index in [1.165, 1.54) is 0 Å². The maximum atomic E-state index is 12.5. The van der Waals surface area contributed by atoms with E-state index in [0.717, 1.165) is 51.9 Å². The molecule has 4 nitrogen and oxygen atoms in total. The van der Waals surface area contributed by atoms with E-state index in [2.05, 4.69) is 12.2 Å². The zero-order chi connectivity index (χ0) is 12.3. The highest BCUT2D eigenvalue weighted by molar-refractivity contribution is 5.85. The van der Waals surface area contributed by atoms with Gasteiger partial charge in [0.05, 0.1) is 5.41 Å². The molecule has 0 spiro atoms. The van der Waals surface area contributed by atoms with E-state index in [0.29, 0.717) is 0 Å². The largest absolute Gasteiger partial charge is 0.396 e. The summed E-state index contributed by atoms with van der Waals surface area (Å²) >= 11 is 0. The van der Waals surface area contributed by atoms with Gasteiger partial charge in [0.15, 0.2) is 0 Å². The molecule has 18 heavy (non-hydrogen) atoms. The summed E-state index contributed by atoms with van der Waals surface area (Å²) in [5.41, 5.74) is -0.227. The van der Waals surface area contributed by atoms with Crippen molar-refractivity contribution in [1.82, 2.24) is 10.2 Å². The molecule has 5 heteroatoms. The fraction of sp³-hybridized carbons (Fsp3) is 0.923. The van der Waals surface area contributed by atoms with E-state index in [1.807, 2.05) is 4.90 Å². The van der Waals surface area contributed by atoms with Gasteiger partial charge in [0.1, 0.15) is 0 Å². The number of rotatable bonds is 2. The number of nitrogens with one attached hydrogen (secondary N) is 1. The molecule has 2 aliphatic heterocycles. The number of carbonyl (C=O) groups is 1. The van der Waals surface area contributed by atoms with Gasteiger partial charge >= 0.3 is 0 Å². The second-order valence-electron chi connectivity index (χ2n) is 5.78. The second-order valence-corrected chi connectivity index (χ2v) is 5.78. The number of aliphatic hydroxyl groups excluding tert-OH is 1. The summed E-state index contributed by atoms with van der Waals surface area (Å²) < 4.78 is 0. The van der Waals surface area contributed by atoms with Gasteiger partial charge < -0.3 is 15.3 Å². The van der Waals surface area contributed by atoms with Gasteiger partial charge in [-0.3, -0.25) is 4.79 Å². The van der Waals surface area contributed by atoms with Crippen LogP contribution >= 0.6 is 12.4 Å². The van der Waals surface area contributed by atoms with E-state index >= 15 is 0 Å². The number of halogens is 1. The van der Waals surface area contributed by atoms with Gasteiger partial charge in [0, 0.05) is 26.2 Å². The van der Waals surface area contributed by atoms with E-state index < -0.39 is 0 Å². The highest BCUT2D eigenvalue weighted by atomic mass is 35.5. The molecule has 1 amide bonds. The Morgan fingerprint density at radius 2 is 2.28 bits per heavy atom. The van der Waals surface area contributed by atoms with Crippen LogP contribution < -0.4 is 5.32 Å². The molecular weight excluding hydrogens is 252 g/mol. The molecule has 0 aromatic carbocycles. The molecule has 2 unspecified atom stereocenters. The van der Waals surface area contributed by atoms with Crippen LogP contribution in [0.5, 0.6) is 0 Å². The van der Waals surface area contributed by atoms with E-state index in [9.17, 15) is 9.90 Å². The van der Waals surface area contributed by atoms with E-state index in [1.54, 1.807) is 0 Å². The average molecular weight is 277 g/mol. The van der Waals surface area contributed by atoms with Crippen LogP contribution in [0.4, 0.5) is 0 Å². The SMILES string of the molecule is CC1(C(=O)N2CCCC(CO)C2)CCCNC1.Cl. The van der Waals surface area contributed by atoms with Crippen molar-refractivity contribution >= 4 is 18.3 Å². The molecule has 2 saturated heterocycles. The predicted octanol–water partition coefficient (Wildman–Crippen LogP) is 1.03. The Hall–Kier alpha value is -0.320. The Morgan fingerprint density at radius 3 is 2.89 bits per heavy atom. The lowest BCUT2D eigenvalue weighted by Crippen LogP contribution is -2.52. The molecule has 0 aromatic heterocycles. The molecular formula is C13H25ClN2O2. The van der Waals surface area contributed by atoms with Crippen LogP contribution in [0.1, 0.15) is 32.6 Å². The minimum atomic E-state index is -0.227. The van der Waals surface area contributed by atoms with Crippen LogP contribution in [0.25, 0.3) is 0 Å². The second kappa shape index (κ2) is 6.73. The van der Waals surface area contributed by atoms with Gasteiger partial charge in [-0.15, -0.1) is 12.4 Å². The molecule has 0 aliphatic carbocycles. The van der Waals surface area contributed by atoms with Crippen LogP contribution in [0, 0.1) is 11.3 Å². The van der Waals surface area contributed by atoms with Crippen molar-refractivity contribution in [3.63, 3.8) is 0 Å². The van der Waals surface area contributed by atoms with Crippen molar-refractivity contribution in [3.8, 4) is 0 Å². The van der Waals surface area contributed by atoms with E-state index in [-0.39, 0.29) is 36.3 Å². The third-order valence-electron chi connectivity index (χ3n) is 4.18. The summed E-state index contributed by atoms with van der Waals surface area (Å²) in [6, 6.07) is 0. The first kappa shape index (κ1) is 15.7. The van der Waals surface area contributed by atoms with Gasteiger partial charge in [0.25, 0.3) is 0 Å². The maximum absolute atomic E-state index is 12.5. The Balaban J connectivity index is 0.00000162. The molecule has 0 aromatic rings. The van der Waals surface area contributed by atoms with Crippen LogP contribution in [0.15, 0.2) is 0 Å². The standard InChI is InChI=1S/C13H24N2O2.ClH/c1-13(5-3-6-14-10-13)12(17)15-7-2-4-11(8-15)9-16;/h11,14,16H,2-10H2,1H3;1H. The molecule has 2 heterocycles. The fourth-order valence-corrected chi connectivity index (χ4v) is 3.02. The Labute approximate surface area is 116 Å². The van der Waals surface area contributed by atoms with Crippen molar-refractivity contribution in [1.29, 1.82) is 0 Å². The topological polar surface area (TPSA) is 52.6 Å². The van der Waals surface area contributed by atoms with Gasteiger partial charge in [0.2, 0.25) is 5.91 Å². The Bertz CT molecular complexity index is 280. The predicted molar refractivity (Wildman–Crippen MR) is 73.8 cm³/mol. The quantitative estimate of drug-likeness (QED) is 0.792. The number of hydrogen-bond acceptors (Lipinski definition) is 3. The average Bonchev–Trinajstić information content (AvgIpc) is 2.39. The number of piperidine rings is 2. The van der Waals surface area contributed by atoms with Crippen LogP contribution in [-0.2, 0) is 4.79 Å². The molecule has 2 fully saturated rings. The normalized spacial score (nSPS) is 32.8. The molecule has 0 radical (unpaired) electrons. The smallest absolute Gasteiger partial charge is 0.229 e. The van der Waals surface area contributed by atoms with E-state index in [4.69, 9.17) is 0 Å². The van der Waals surface area contributed by atoms with Crippen LogP contribution in [0.3, 0.4) is 0 Å². The summed E-state index contributed by atoms with van der Waals surface area (Å²) in [6.07, 6.45) is 4.15. The lowest BCUT2D eigenvalue weighted by atomic mass is 9.80. The highest BCUT2D eigenvalue weighted by Gasteiger charge is 2.38. The minimum absolute atomic E-state index is 0. The molecule has 2 N–H and O–H groups in total. The first-order valence-electron chi connectivity index (χ1n) is 6.77. The number of aliphatic hydroxyl groups is 1. The molecule has 2 rings (SSSR count). The van der Waals surface area contributed by atoms with Crippen molar-refractivity contribution in [3.05, 3.63) is 0 Å². The van der Waals surface area contributed by atoms with Crippen LogP contribution in [-0.4, -0.2) is 48.7 Å². The molecule has 0 saturated carbocycles. The number of likely N-dealkylation sites (tertiary alicyclic amines) is 1. The third-order valence-corrected chi connectivity index (χ3v) is 4.18. The highest BCUT2D eigenvalue weighted by Crippen LogP contribution is 2.30. The van der Waals surface area contributed by atoms with Gasteiger partial charge in [-0.1, -0.05) is 0 Å². The lowest BCUT2D eigenvalue weighted by Gasteiger charge is -2.40. The van der Waals surface area contributed by atoms with Crippen LogP contribution in [0.2, 0.25) is 0 Å². The van der Waals surface area contributed by atoms with Crippen molar-refractivity contribution < 1.29 is 9.90 Å². The van der Waals surface area contributed by atoms with Gasteiger partial charge in [-0.2, -0.15) is 0 Å². The molecule has 106 valence electrons. The van der Waals surface area contributed by atoms with Crippen molar-refractivity contribution in [2.75, 3.05) is 32.8 Å². The first-order chi connectivity index (χ1) is 8.15. The van der Waals surface area contributed by atoms with Gasteiger partial charge in [-0.05, 0) is 45.1 Å². The summed E-state index contributed by atoms with van der Waals surface area (Å²) in [5, 5.41) is 12.5. The monoisotopic (exact) mass is 276 g/mol. The summed E-state index contributed by atoms with van der Waals surface area (Å²) in [6.45, 7) is 5.72. The van der Waals surface area contributed by atoms with Gasteiger partial charge in [-0.25, -0.2) is 0 Å². The Morgan fingerprint density at radius 1 is 1.50 bits per heavy atom. The molecule has 2 aliphatic rings. The number of carbonyl (C=O) groups excluding carboxylic acids is 1. The number of hydrogen-bond donors (Lipinski definition) is 2. The Kier molecular flexibility index (Phi) is 5.89. The third kappa shape index (κ3) is 3.37.